The zero-order chi connectivity index (χ0) is 20.5. The maximum Gasteiger partial charge on any atom is 0.305 e. The van der Waals surface area contributed by atoms with E-state index < -0.39 is 0 Å². The van der Waals surface area contributed by atoms with Crippen LogP contribution >= 0.6 is 24.0 Å². The average molecular weight is 424 g/mol. The van der Waals surface area contributed by atoms with Gasteiger partial charge in [-0.2, -0.15) is 0 Å². The van der Waals surface area contributed by atoms with Crippen LogP contribution in [-0.2, 0) is 14.3 Å². The molecule has 1 heterocycles. The van der Waals surface area contributed by atoms with Crippen LogP contribution in [0.25, 0.3) is 6.08 Å². The fourth-order valence-electron chi connectivity index (χ4n) is 2.56. The van der Waals surface area contributed by atoms with Crippen molar-refractivity contribution in [3.05, 3.63) is 28.7 Å². The molecule has 0 aromatic heterocycles. The summed E-state index contributed by atoms with van der Waals surface area (Å²) in [5.41, 5.74) is 0.823. The van der Waals surface area contributed by atoms with Gasteiger partial charge in [0.05, 0.1) is 25.2 Å². The summed E-state index contributed by atoms with van der Waals surface area (Å²) < 4.78 is 16.4. The summed E-state index contributed by atoms with van der Waals surface area (Å²) in [6.07, 6.45) is 3.36. The molecule has 1 fully saturated rings. The maximum absolute atomic E-state index is 12.7. The first-order valence-corrected chi connectivity index (χ1v) is 10.4. The Morgan fingerprint density at radius 1 is 1.29 bits per heavy atom. The Balaban J connectivity index is 2.01. The van der Waals surface area contributed by atoms with E-state index in [4.69, 9.17) is 26.4 Å². The fourth-order valence-corrected chi connectivity index (χ4v) is 3.87. The number of hydrogen-bond acceptors (Lipinski definition) is 7. The number of esters is 1. The zero-order valence-electron chi connectivity index (χ0n) is 16.4. The summed E-state index contributed by atoms with van der Waals surface area (Å²) in [7, 11) is 1.58. The third-order valence-electron chi connectivity index (χ3n) is 3.89. The van der Waals surface area contributed by atoms with Crippen LogP contribution in [0.5, 0.6) is 11.5 Å². The number of thiocarbonyl (C=S) groups is 1. The predicted octanol–water partition coefficient (Wildman–Crippen LogP) is 4.03. The van der Waals surface area contributed by atoms with Gasteiger partial charge in [0.25, 0.3) is 5.91 Å². The van der Waals surface area contributed by atoms with Crippen LogP contribution in [0, 0.1) is 0 Å². The second-order valence-corrected chi connectivity index (χ2v) is 7.68. The van der Waals surface area contributed by atoms with Gasteiger partial charge in [0.15, 0.2) is 11.5 Å². The number of amides is 1. The lowest BCUT2D eigenvalue weighted by molar-refractivity contribution is -0.144. The molecule has 1 aliphatic heterocycles. The summed E-state index contributed by atoms with van der Waals surface area (Å²) in [5.74, 6) is 0.871. The molecule has 1 aromatic rings. The van der Waals surface area contributed by atoms with Crippen molar-refractivity contribution in [3.63, 3.8) is 0 Å². The number of carbonyl (C=O) groups is 2. The molecule has 1 aromatic carbocycles. The number of ether oxygens (including phenoxy) is 3. The lowest BCUT2D eigenvalue weighted by atomic mass is 10.2. The van der Waals surface area contributed by atoms with Crippen LogP contribution in [0.15, 0.2) is 23.1 Å². The minimum absolute atomic E-state index is 0.148. The smallest absolute Gasteiger partial charge is 0.305 e. The van der Waals surface area contributed by atoms with Crippen molar-refractivity contribution in [2.75, 3.05) is 26.9 Å². The number of rotatable bonds is 10. The van der Waals surface area contributed by atoms with Crippen molar-refractivity contribution in [1.82, 2.24) is 4.90 Å². The van der Waals surface area contributed by atoms with E-state index in [1.165, 1.54) is 16.7 Å². The van der Waals surface area contributed by atoms with Crippen LogP contribution in [0.2, 0.25) is 0 Å². The molecule has 8 heteroatoms. The van der Waals surface area contributed by atoms with Gasteiger partial charge in [-0.1, -0.05) is 37.0 Å². The second-order valence-electron chi connectivity index (χ2n) is 6.00. The van der Waals surface area contributed by atoms with Gasteiger partial charge in [0.1, 0.15) is 4.32 Å². The molecule has 0 radical (unpaired) electrons. The minimum Gasteiger partial charge on any atom is -0.493 e. The third kappa shape index (κ3) is 5.97. The summed E-state index contributed by atoms with van der Waals surface area (Å²) >= 11 is 6.59. The minimum atomic E-state index is -0.246. The highest BCUT2D eigenvalue weighted by Crippen LogP contribution is 2.34. The molecule has 28 heavy (non-hydrogen) atoms. The van der Waals surface area contributed by atoms with E-state index >= 15 is 0 Å². The molecule has 152 valence electrons. The van der Waals surface area contributed by atoms with E-state index in [1.807, 2.05) is 32.0 Å². The van der Waals surface area contributed by atoms with E-state index in [2.05, 4.69) is 0 Å². The summed E-state index contributed by atoms with van der Waals surface area (Å²) in [6, 6.07) is 5.50. The van der Waals surface area contributed by atoms with Crippen molar-refractivity contribution < 1.29 is 23.8 Å². The molecule has 0 aliphatic carbocycles. The Hall–Kier alpha value is -2.06. The Morgan fingerprint density at radius 2 is 2.07 bits per heavy atom. The number of hydrogen-bond donors (Lipinski definition) is 0. The largest absolute Gasteiger partial charge is 0.493 e. The normalized spacial score (nSPS) is 15.2. The highest BCUT2D eigenvalue weighted by molar-refractivity contribution is 8.26. The van der Waals surface area contributed by atoms with E-state index in [0.29, 0.717) is 46.9 Å². The number of benzene rings is 1. The van der Waals surface area contributed by atoms with Gasteiger partial charge in [-0.3, -0.25) is 14.5 Å². The Bertz CT molecular complexity index is 763. The lowest BCUT2D eigenvalue weighted by Gasteiger charge is -2.13. The predicted molar refractivity (Wildman–Crippen MR) is 115 cm³/mol. The molecule has 0 spiro atoms. The molecule has 0 unspecified atom stereocenters. The summed E-state index contributed by atoms with van der Waals surface area (Å²) in [5, 5.41) is 0. The molecule has 1 aliphatic rings. The van der Waals surface area contributed by atoms with Crippen LogP contribution in [0.4, 0.5) is 0 Å². The Morgan fingerprint density at radius 3 is 2.75 bits per heavy atom. The van der Waals surface area contributed by atoms with Gasteiger partial charge < -0.3 is 14.2 Å². The van der Waals surface area contributed by atoms with Crippen LogP contribution < -0.4 is 9.47 Å². The van der Waals surface area contributed by atoms with Crippen LogP contribution in [0.3, 0.4) is 0 Å². The molecule has 0 atom stereocenters. The first-order valence-electron chi connectivity index (χ1n) is 9.22. The number of methoxy groups -OCH3 is 1. The monoisotopic (exact) mass is 423 g/mol. The van der Waals surface area contributed by atoms with Crippen LogP contribution in [-0.4, -0.2) is 48.0 Å². The molecule has 0 bridgehead atoms. The standard InChI is InChI=1S/C20H25NO5S2/c1-4-11-26-18(22)7-6-10-21-19(23)17(28-20(21)27)13-14-8-9-15(25-5-2)16(12-14)24-3/h8-9,12-13H,4-7,10-11H2,1-3H3/b17-13-. The molecule has 1 saturated heterocycles. The van der Waals surface area contributed by atoms with Gasteiger partial charge in [-0.15, -0.1) is 0 Å². The first-order chi connectivity index (χ1) is 13.5. The molecule has 1 amide bonds. The molecule has 2 rings (SSSR count). The third-order valence-corrected chi connectivity index (χ3v) is 5.27. The number of carbonyl (C=O) groups excluding carboxylic acids is 2. The highest BCUT2D eigenvalue weighted by atomic mass is 32.2. The lowest BCUT2D eigenvalue weighted by Crippen LogP contribution is -2.29. The quantitative estimate of drug-likeness (QED) is 0.320. The second kappa shape index (κ2) is 11.1. The van der Waals surface area contributed by atoms with Crippen molar-refractivity contribution in [3.8, 4) is 11.5 Å². The molecular formula is C20H25NO5S2. The SMILES string of the molecule is CCCOC(=O)CCCN1C(=O)/C(=C/c2ccc(OCC)c(OC)c2)SC1=S. The Kier molecular flexibility index (Phi) is 8.79. The van der Waals surface area contributed by atoms with Gasteiger partial charge in [-0.05, 0) is 43.5 Å². The topological polar surface area (TPSA) is 65.1 Å². The fraction of sp³-hybridized carbons (Fsp3) is 0.450. The zero-order valence-corrected chi connectivity index (χ0v) is 18.0. The van der Waals surface area contributed by atoms with Crippen molar-refractivity contribution in [2.24, 2.45) is 0 Å². The first kappa shape index (κ1) is 22.2. The van der Waals surface area contributed by atoms with Gasteiger partial charge >= 0.3 is 5.97 Å². The van der Waals surface area contributed by atoms with E-state index in [1.54, 1.807) is 13.2 Å². The highest BCUT2D eigenvalue weighted by Gasteiger charge is 2.31. The van der Waals surface area contributed by atoms with Crippen molar-refractivity contribution in [2.45, 2.75) is 33.1 Å². The molecule has 0 saturated carbocycles. The van der Waals surface area contributed by atoms with Gasteiger partial charge in [-0.25, -0.2) is 0 Å². The van der Waals surface area contributed by atoms with Gasteiger partial charge in [0.2, 0.25) is 0 Å². The summed E-state index contributed by atoms with van der Waals surface area (Å²) in [4.78, 5) is 26.3. The maximum atomic E-state index is 12.7. The molecule has 0 N–H and O–H groups in total. The number of nitrogens with zero attached hydrogens (tertiary/aromatic N) is 1. The molecular weight excluding hydrogens is 398 g/mol. The average Bonchev–Trinajstić information content (AvgIpc) is 2.95. The summed E-state index contributed by atoms with van der Waals surface area (Å²) in [6.45, 7) is 5.21. The van der Waals surface area contributed by atoms with Crippen molar-refractivity contribution >= 4 is 46.3 Å². The Labute approximate surface area is 175 Å². The number of thioether (sulfide) groups is 1. The van der Waals surface area contributed by atoms with Crippen LogP contribution in [0.1, 0.15) is 38.7 Å². The van der Waals surface area contributed by atoms with Crippen molar-refractivity contribution in [1.29, 1.82) is 0 Å². The van der Waals surface area contributed by atoms with E-state index in [9.17, 15) is 9.59 Å². The van der Waals surface area contributed by atoms with E-state index in [-0.39, 0.29) is 18.3 Å². The van der Waals surface area contributed by atoms with E-state index in [0.717, 1.165) is 12.0 Å². The molecule has 6 nitrogen and oxygen atoms in total. The van der Waals surface area contributed by atoms with Gasteiger partial charge in [0, 0.05) is 13.0 Å².